The smallest absolute Gasteiger partial charge is 0.416 e. The van der Waals surface area contributed by atoms with Gasteiger partial charge in [0.2, 0.25) is 5.91 Å². The molecule has 0 N–H and O–H groups in total. The molecule has 1 aliphatic heterocycles. The summed E-state index contributed by atoms with van der Waals surface area (Å²) < 4.78 is 5.02. The van der Waals surface area contributed by atoms with E-state index in [2.05, 4.69) is 6.92 Å². The number of nitrogens with zero attached hydrogens (tertiary/aromatic N) is 1. The van der Waals surface area contributed by atoms with E-state index < -0.39 is 6.09 Å². The Bertz CT molecular complexity index is 341. The number of unbranched alkanes of at least 4 members (excludes halogenated alkanes) is 8. The predicted octanol–water partition coefficient (Wildman–Crippen LogP) is 4.91. The van der Waals surface area contributed by atoms with Crippen molar-refractivity contribution < 1.29 is 14.3 Å². The Kier molecular flexibility index (Phi) is 9.17. The van der Waals surface area contributed by atoms with E-state index in [0.29, 0.717) is 13.0 Å². The highest BCUT2D eigenvalue weighted by Crippen LogP contribution is 2.21. The Balaban J connectivity index is 2.11. The monoisotopic (exact) mass is 311 g/mol. The van der Waals surface area contributed by atoms with Crippen LogP contribution in [0.3, 0.4) is 0 Å². The molecule has 1 fully saturated rings. The second-order valence-electron chi connectivity index (χ2n) is 6.73. The summed E-state index contributed by atoms with van der Waals surface area (Å²) in [5.41, 5.74) is 0. The zero-order chi connectivity index (χ0) is 16.4. The maximum Gasteiger partial charge on any atom is 0.416 e. The molecule has 0 aromatic heterocycles. The minimum absolute atomic E-state index is 0.0656. The van der Waals surface area contributed by atoms with E-state index >= 15 is 0 Å². The Morgan fingerprint density at radius 2 is 1.64 bits per heavy atom. The maximum atomic E-state index is 12.2. The van der Waals surface area contributed by atoms with Gasteiger partial charge in [-0.2, -0.15) is 0 Å². The van der Waals surface area contributed by atoms with Gasteiger partial charge >= 0.3 is 6.09 Å². The van der Waals surface area contributed by atoms with Crippen LogP contribution in [0.5, 0.6) is 0 Å². The lowest BCUT2D eigenvalue weighted by atomic mass is 10.0. The average Bonchev–Trinajstić information content (AvgIpc) is 2.87. The molecule has 0 aromatic rings. The molecule has 22 heavy (non-hydrogen) atoms. The molecule has 1 atom stereocenters. The fraction of sp³-hybridized carbons (Fsp3) is 0.889. The summed E-state index contributed by atoms with van der Waals surface area (Å²) in [7, 11) is 0. The van der Waals surface area contributed by atoms with Gasteiger partial charge in [-0.05, 0) is 12.3 Å². The van der Waals surface area contributed by atoms with Crippen molar-refractivity contribution in [3.05, 3.63) is 0 Å². The lowest BCUT2D eigenvalue weighted by Gasteiger charge is -2.22. The SMILES string of the molecule is CCCCCCCCCCCC(=O)N1C(=O)OCC1C(C)C. The van der Waals surface area contributed by atoms with Crippen molar-refractivity contribution in [3.63, 3.8) is 0 Å². The Labute approximate surface area is 135 Å². The molecule has 0 spiro atoms. The van der Waals surface area contributed by atoms with Gasteiger partial charge in [-0.3, -0.25) is 4.79 Å². The van der Waals surface area contributed by atoms with E-state index in [-0.39, 0.29) is 17.9 Å². The molecule has 1 saturated heterocycles. The molecule has 1 aliphatic rings. The van der Waals surface area contributed by atoms with Gasteiger partial charge < -0.3 is 4.74 Å². The second-order valence-corrected chi connectivity index (χ2v) is 6.73. The third kappa shape index (κ3) is 6.37. The summed E-state index contributed by atoms with van der Waals surface area (Å²) >= 11 is 0. The fourth-order valence-corrected chi connectivity index (χ4v) is 2.92. The van der Waals surface area contributed by atoms with Crippen LogP contribution in [-0.4, -0.2) is 29.5 Å². The van der Waals surface area contributed by atoms with Crippen LogP contribution in [0.1, 0.15) is 85.0 Å². The Hall–Kier alpha value is -1.06. The first-order valence-corrected chi connectivity index (χ1v) is 9.06. The predicted molar refractivity (Wildman–Crippen MR) is 88.7 cm³/mol. The van der Waals surface area contributed by atoms with E-state index in [9.17, 15) is 9.59 Å². The largest absolute Gasteiger partial charge is 0.447 e. The molecule has 0 saturated carbocycles. The van der Waals surface area contributed by atoms with Crippen LogP contribution in [0.2, 0.25) is 0 Å². The van der Waals surface area contributed by atoms with Crippen LogP contribution >= 0.6 is 0 Å². The van der Waals surface area contributed by atoms with Crippen LogP contribution in [0, 0.1) is 5.92 Å². The van der Waals surface area contributed by atoms with Crippen LogP contribution in [-0.2, 0) is 9.53 Å². The van der Waals surface area contributed by atoms with Crippen molar-refractivity contribution in [1.29, 1.82) is 0 Å². The van der Waals surface area contributed by atoms with Gasteiger partial charge in [-0.25, -0.2) is 9.69 Å². The van der Waals surface area contributed by atoms with Gasteiger partial charge in [0.25, 0.3) is 0 Å². The summed E-state index contributed by atoms with van der Waals surface area (Å²) in [6.07, 6.45) is 11.0. The summed E-state index contributed by atoms with van der Waals surface area (Å²) in [6, 6.07) is -0.0847. The molecular weight excluding hydrogens is 278 g/mol. The quantitative estimate of drug-likeness (QED) is 0.509. The number of carbonyl (C=O) groups excluding carboxylic acids is 2. The number of amides is 2. The molecule has 0 aromatic carbocycles. The first kappa shape index (κ1) is 19.0. The van der Waals surface area contributed by atoms with Gasteiger partial charge in [0.1, 0.15) is 6.61 Å². The third-order valence-corrected chi connectivity index (χ3v) is 4.44. The Morgan fingerprint density at radius 1 is 1.09 bits per heavy atom. The van der Waals surface area contributed by atoms with Crippen molar-refractivity contribution in [2.75, 3.05) is 6.61 Å². The van der Waals surface area contributed by atoms with Crippen LogP contribution in [0.4, 0.5) is 4.79 Å². The highest BCUT2D eigenvalue weighted by atomic mass is 16.6. The lowest BCUT2D eigenvalue weighted by molar-refractivity contribution is -0.129. The van der Waals surface area contributed by atoms with Crippen molar-refractivity contribution in [3.8, 4) is 0 Å². The van der Waals surface area contributed by atoms with Crippen LogP contribution in [0.15, 0.2) is 0 Å². The summed E-state index contributed by atoms with van der Waals surface area (Å²) in [4.78, 5) is 25.2. The standard InChI is InChI=1S/C18H33NO3/c1-4-5-6-7-8-9-10-11-12-13-17(20)19-16(15(2)3)14-22-18(19)21/h15-16H,4-14H2,1-3H3. The van der Waals surface area contributed by atoms with Gasteiger partial charge in [-0.1, -0.05) is 72.1 Å². The zero-order valence-corrected chi connectivity index (χ0v) is 14.6. The van der Waals surface area contributed by atoms with E-state index in [4.69, 9.17) is 4.74 Å². The molecule has 0 bridgehead atoms. The minimum Gasteiger partial charge on any atom is -0.447 e. The van der Waals surface area contributed by atoms with E-state index in [1.165, 1.54) is 49.8 Å². The lowest BCUT2D eigenvalue weighted by Crippen LogP contribution is -2.41. The van der Waals surface area contributed by atoms with E-state index in [1.54, 1.807) is 0 Å². The van der Waals surface area contributed by atoms with Crippen molar-refractivity contribution in [1.82, 2.24) is 4.90 Å². The highest BCUT2D eigenvalue weighted by molar-refractivity contribution is 5.93. The van der Waals surface area contributed by atoms with Crippen molar-refractivity contribution in [2.24, 2.45) is 5.92 Å². The van der Waals surface area contributed by atoms with Gasteiger partial charge in [-0.15, -0.1) is 0 Å². The number of hydrogen-bond donors (Lipinski definition) is 0. The van der Waals surface area contributed by atoms with E-state index in [0.717, 1.165) is 12.8 Å². The average molecular weight is 311 g/mol. The Morgan fingerprint density at radius 3 is 2.18 bits per heavy atom. The number of cyclic esters (lactones) is 1. The molecule has 0 radical (unpaired) electrons. The summed E-state index contributed by atoms with van der Waals surface area (Å²) in [5, 5.41) is 0. The summed E-state index contributed by atoms with van der Waals surface area (Å²) in [5.74, 6) is 0.183. The van der Waals surface area contributed by atoms with E-state index in [1.807, 2.05) is 13.8 Å². The third-order valence-electron chi connectivity index (χ3n) is 4.44. The van der Waals surface area contributed by atoms with Crippen LogP contribution < -0.4 is 0 Å². The van der Waals surface area contributed by atoms with Crippen LogP contribution in [0.25, 0.3) is 0 Å². The second kappa shape index (κ2) is 10.6. The molecule has 1 heterocycles. The molecular formula is C18H33NO3. The minimum atomic E-state index is -0.459. The molecule has 4 heteroatoms. The normalized spacial score (nSPS) is 18.1. The molecule has 1 rings (SSSR count). The van der Waals surface area contributed by atoms with Gasteiger partial charge in [0.05, 0.1) is 6.04 Å². The molecule has 128 valence electrons. The molecule has 1 unspecified atom stereocenters. The van der Waals surface area contributed by atoms with Crippen molar-refractivity contribution >= 4 is 12.0 Å². The number of carbonyl (C=O) groups is 2. The zero-order valence-electron chi connectivity index (χ0n) is 14.6. The maximum absolute atomic E-state index is 12.2. The fourth-order valence-electron chi connectivity index (χ4n) is 2.92. The van der Waals surface area contributed by atoms with Gasteiger partial charge in [0, 0.05) is 6.42 Å². The molecule has 4 nitrogen and oxygen atoms in total. The molecule has 0 aliphatic carbocycles. The molecule has 2 amide bonds. The number of ether oxygens (including phenoxy) is 1. The highest BCUT2D eigenvalue weighted by Gasteiger charge is 2.38. The van der Waals surface area contributed by atoms with Gasteiger partial charge in [0.15, 0.2) is 0 Å². The topological polar surface area (TPSA) is 46.6 Å². The first-order chi connectivity index (χ1) is 10.6. The summed E-state index contributed by atoms with van der Waals surface area (Å²) in [6.45, 7) is 6.62. The number of rotatable bonds is 11. The van der Waals surface area contributed by atoms with Crippen molar-refractivity contribution in [2.45, 2.75) is 91.0 Å². The first-order valence-electron chi connectivity index (χ1n) is 9.06. The number of hydrogen-bond acceptors (Lipinski definition) is 3. The number of imide groups is 1.